The van der Waals surface area contributed by atoms with Crippen LogP contribution < -0.4 is 9.47 Å². The van der Waals surface area contributed by atoms with Crippen LogP contribution >= 0.6 is 0 Å². The lowest BCUT2D eigenvalue weighted by Gasteiger charge is -2.17. The van der Waals surface area contributed by atoms with E-state index in [2.05, 4.69) is 0 Å². The van der Waals surface area contributed by atoms with Crippen molar-refractivity contribution in [3.05, 3.63) is 75.8 Å². The molecule has 0 unspecified atom stereocenters. The summed E-state index contributed by atoms with van der Waals surface area (Å²) in [6.45, 7) is -0.160. The summed E-state index contributed by atoms with van der Waals surface area (Å²) in [6.07, 6.45) is 0. The van der Waals surface area contributed by atoms with Gasteiger partial charge in [-0.3, -0.25) is 14.9 Å². The smallest absolute Gasteiger partial charge is 0.338 e. The van der Waals surface area contributed by atoms with Crippen LogP contribution in [-0.4, -0.2) is 49.6 Å². The summed E-state index contributed by atoms with van der Waals surface area (Å²) >= 11 is 0. The lowest BCUT2D eigenvalue weighted by atomic mass is 10.1. The molecule has 0 spiro atoms. The fourth-order valence-electron chi connectivity index (χ4n) is 3.14. The van der Waals surface area contributed by atoms with Crippen LogP contribution in [-0.2, 0) is 16.1 Å². The number of ether oxygens (including phenoxy) is 3. The molecule has 0 saturated heterocycles. The SMILES string of the molecule is COc1ccc2cc(CN(C)C(=O)COC(=O)c3ccc(OC)c([N+](=O)[O-])c3)ccc2c1. The van der Waals surface area contributed by atoms with Crippen LogP contribution in [0.25, 0.3) is 10.8 Å². The van der Waals surface area contributed by atoms with Crippen molar-refractivity contribution in [1.29, 1.82) is 0 Å². The molecule has 0 aliphatic rings. The number of methoxy groups -OCH3 is 2. The van der Waals surface area contributed by atoms with E-state index in [4.69, 9.17) is 14.2 Å². The van der Waals surface area contributed by atoms with E-state index in [1.807, 2.05) is 36.4 Å². The summed E-state index contributed by atoms with van der Waals surface area (Å²) in [4.78, 5) is 36.5. The Balaban J connectivity index is 1.61. The zero-order valence-corrected chi connectivity index (χ0v) is 17.9. The van der Waals surface area contributed by atoms with Gasteiger partial charge in [-0.1, -0.05) is 18.2 Å². The van der Waals surface area contributed by atoms with Gasteiger partial charge in [0.1, 0.15) is 5.75 Å². The molecule has 9 heteroatoms. The van der Waals surface area contributed by atoms with Gasteiger partial charge in [-0.2, -0.15) is 0 Å². The Labute approximate surface area is 184 Å². The molecule has 0 aliphatic carbocycles. The zero-order valence-electron chi connectivity index (χ0n) is 17.9. The molecule has 0 aliphatic heterocycles. The summed E-state index contributed by atoms with van der Waals surface area (Å²) in [7, 11) is 4.51. The average molecular weight is 438 g/mol. The predicted molar refractivity (Wildman–Crippen MR) is 117 cm³/mol. The van der Waals surface area contributed by atoms with Crippen molar-refractivity contribution in [2.75, 3.05) is 27.9 Å². The Hall–Kier alpha value is -4.14. The van der Waals surface area contributed by atoms with Crippen molar-refractivity contribution in [2.45, 2.75) is 6.54 Å². The number of rotatable bonds is 8. The van der Waals surface area contributed by atoms with E-state index in [-0.39, 0.29) is 17.0 Å². The zero-order chi connectivity index (χ0) is 23.3. The first kappa shape index (κ1) is 22.5. The number of fused-ring (bicyclic) bond motifs is 1. The third kappa shape index (κ3) is 5.12. The third-order valence-corrected chi connectivity index (χ3v) is 4.90. The molecule has 166 valence electrons. The number of hydrogen-bond donors (Lipinski definition) is 0. The van der Waals surface area contributed by atoms with Gasteiger partial charge in [0.05, 0.1) is 24.7 Å². The Morgan fingerprint density at radius 1 is 0.969 bits per heavy atom. The fraction of sp³-hybridized carbons (Fsp3) is 0.217. The Bertz CT molecular complexity index is 1180. The summed E-state index contributed by atoms with van der Waals surface area (Å²) < 4.78 is 15.2. The van der Waals surface area contributed by atoms with Gasteiger partial charge in [0, 0.05) is 19.7 Å². The number of nitro benzene ring substituents is 1. The molecule has 1 amide bonds. The maximum absolute atomic E-state index is 12.4. The van der Waals surface area contributed by atoms with Crippen molar-refractivity contribution < 1.29 is 28.7 Å². The minimum absolute atomic E-state index is 0.0242. The van der Waals surface area contributed by atoms with E-state index < -0.39 is 23.4 Å². The minimum atomic E-state index is -0.836. The normalized spacial score (nSPS) is 10.5. The lowest BCUT2D eigenvalue weighted by Crippen LogP contribution is -2.30. The van der Waals surface area contributed by atoms with Crippen molar-refractivity contribution in [3.63, 3.8) is 0 Å². The minimum Gasteiger partial charge on any atom is -0.497 e. The molecular weight excluding hydrogens is 416 g/mol. The number of benzene rings is 3. The first-order valence-corrected chi connectivity index (χ1v) is 9.62. The number of nitrogens with zero attached hydrogens (tertiary/aromatic N) is 2. The van der Waals surface area contributed by atoms with Crippen molar-refractivity contribution in [2.24, 2.45) is 0 Å². The lowest BCUT2D eigenvalue weighted by molar-refractivity contribution is -0.385. The number of hydrogen-bond acceptors (Lipinski definition) is 7. The van der Waals surface area contributed by atoms with Crippen LogP contribution in [0.4, 0.5) is 5.69 Å². The molecule has 0 fully saturated rings. The highest BCUT2D eigenvalue weighted by Gasteiger charge is 2.20. The van der Waals surface area contributed by atoms with Crippen molar-refractivity contribution in [3.8, 4) is 11.5 Å². The molecule has 0 aromatic heterocycles. The molecule has 3 rings (SSSR count). The van der Waals surface area contributed by atoms with E-state index >= 15 is 0 Å². The molecule has 9 nitrogen and oxygen atoms in total. The molecule has 0 heterocycles. The van der Waals surface area contributed by atoms with E-state index in [1.54, 1.807) is 14.2 Å². The Morgan fingerprint density at radius 3 is 2.38 bits per heavy atom. The van der Waals surface area contributed by atoms with Crippen LogP contribution in [0.1, 0.15) is 15.9 Å². The molecule has 0 saturated carbocycles. The standard InChI is InChI=1S/C23H22N2O7/c1-24(13-15-4-5-17-11-19(30-2)8-6-16(17)10-15)22(26)14-32-23(27)18-7-9-21(31-3)20(12-18)25(28)29/h4-12H,13-14H2,1-3H3. The number of carbonyl (C=O) groups excluding carboxylic acids is 2. The van der Waals surface area contributed by atoms with Crippen molar-refractivity contribution >= 4 is 28.3 Å². The Morgan fingerprint density at radius 2 is 1.69 bits per heavy atom. The molecule has 0 N–H and O–H groups in total. The van der Waals surface area contributed by atoms with Crippen LogP contribution in [0.2, 0.25) is 0 Å². The molecule has 3 aromatic carbocycles. The van der Waals surface area contributed by atoms with Gasteiger partial charge >= 0.3 is 11.7 Å². The summed E-state index contributed by atoms with van der Waals surface area (Å²) in [5.41, 5.74) is 0.507. The molecular formula is C23H22N2O7. The van der Waals surface area contributed by atoms with Gasteiger partial charge in [0.25, 0.3) is 5.91 Å². The van der Waals surface area contributed by atoms with E-state index in [0.29, 0.717) is 6.54 Å². The quantitative estimate of drug-likeness (QED) is 0.300. The first-order valence-electron chi connectivity index (χ1n) is 9.62. The van der Waals surface area contributed by atoms with Crippen LogP contribution in [0.15, 0.2) is 54.6 Å². The Kier molecular flexibility index (Phi) is 6.89. The van der Waals surface area contributed by atoms with Gasteiger partial charge in [-0.05, 0) is 46.7 Å². The van der Waals surface area contributed by atoms with Gasteiger partial charge in [0.15, 0.2) is 12.4 Å². The van der Waals surface area contributed by atoms with Gasteiger partial charge < -0.3 is 19.1 Å². The van der Waals surface area contributed by atoms with Crippen LogP contribution in [0.3, 0.4) is 0 Å². The van der Waals surface area contributed by atoms with E-state index in [9.17, 15) is 19.7 Å². The second-order valence-electron chi connectivity index (χ2n) is 7.02. The van der Waals surface area contributed by atoms with Gasteiger partial charge in [0.2, 0.25) is 0 Å². The average Bonchev–Trinajstić information content (AvgIpc) is 2.81. The highest BCUT2D eigenvalue weighted by molar-refractivity contribution is 5.92. The largest absolute Gasteiger partial charge is 0.497 e. The van der Waals surface area contributed by atoms with Gasteiger partial charge in [-0.15, -0.1) is 0 Å². The fourth-order valence-corrected chi connectivity index (χ4v) is 3.14. The molecule has 3 aromatic rings. The van der Waals surface area contributed by atoms with Gasteiger partial charge in [-0.25, -0.2) is 4.79 Å². The second-order valence-corrected chi connectivity index (χ2v) is 7.02. The topological polar surface area (TPSA) is 108 Å². The first-order chi connectivity index (χ1) is 15.3. The highest BCUT2D eigenvalue weighted by Crippen LogP contribution is 2.28. The second kappa shape index (κ2) is 9.78. The number of likely N-dealkylation sites (N-methyl/N-ethyl adjacent to an activating group) is 1. The number of esters is 1. The third-order valence-electron chi connectivity index (χ3n) is 4.90. The number of nitro groups is 1. The molecule has 0 bridgehead atoms. The molecule has 0 radical (unpaired) electrons. The molecule has 32 heavy (non-hydrogen) atoms. The predicted octanol–water partition coefficient (Wildman–Crippen LogP) is 3.58. The van der Waals surface area contributed by atoms with E-state index in [1.165, 1.54) is 24.1 Å². The number of amides is 1. The van der Waals surface area contributed by atoms with Crippen LogP contribution in [0, 0.1) is 10.1 Å². The highest BCUT2D eigenvalue weighted by atomic mass is 16.6. The van der Waals surface area contributed by atoms with Crippen LogP contribution in [0.5, 0.6) is 11.5 Å². The molecule has 0 atom stereocenters. The summed E-state index contributed by atoms with van der Waals surface area (Å²) in [6, 6.07) is 15.3. The number of carbonyl (C=O) groups is 2. The van der Waals surface area contributed by atoms with E-state index in [0.717, 1.165) is 28.2 Å². The van der Waals surface area contributed by atoms with Crippen molar-refractivity contribution in [1.82, 2.24) is 4.90 Å². The maximum Gasteiger partial charge on any atom is 0.338 e. The summed E-state index contributed by atoms with van der Waals surface area (Å²) in [5.74, 6) is -0.453. The summed E-state index contributed by atoms with van der Waals surface area (Å²) in [5, 5.41) is 13.1. The monoisotopic (exact) mass is 438 g/mol. The maximum atomic E-state index is 12.4.